The van der Waals surface area contributed by atoms with Crippen molar-refractivity contribution in [2.45, 2.75) is 45.0 Å². The lowest BCUT2D eigenvalue weighted by Gasteiger charge is -2.28. The summed E-state index contributed by atoms with van der Waals surface area (Å²) in [7, 11) is 0. The standard InChI is InChI=1S/C27H24ClF5N4O4/c1-15(2)37(24(38)21-5-3-17(28)12-34-21)22-6-4-18(10-19(22)25(39)40)41-23-20(27(31,32)33)9-16(11-35-23)13-36-8-7-26(29,30)14-36/h3-6,9-12,15H,7-8,13-14H2,1-2H3,(H,39,40). The Bertz CT molecular complexity index is 1450. The van der Waals surface area contributed by atoms with E-state index < -0.39 is 53.6 Å². The van der Waals surface area contributed by atoms with Gasteiger partial charge in [0.25, 0.3) is 11.8 Å². The Hall–Kier alpha value is -3.84. The first-order valence-electron chi connectivity index (χ1n) is 12.3. The van der Waals surface area contributed by atoms with Crippen LogP contribution in [0.25, 0.3) is 0 Å². The summed E-state index contributed by atoms with van der Waals surface area (Å²) in [4.78, 5) is 35.6. The van der Waals surface area contributed by atoms with Crippen molar-refractivity contribution in [3.63, 3.8) is 0 Å². The zero-order chi connectivity index (χ0) is 30.1. The SMILES string of the molecule is CC(C)N(C(=O)c1ccc(Cl)cn1)c1ccc(Oc2ncc(CN3CCC(F)(F)C3)cc2C(F)(F)F)cc1C(=O)O. The maximum atomic E-state index is 13.9. The summed E-state index contributed by atoms with van der Waals surface area (Å²) in [6.45, 7) is 2.59. The van der Waals surface area contributed by atoms with Gasteiger partial charge in [-0.2, -0.15) is 13.2 Å². The first-order chi connectivity index (χ1) is 19.1. The number of halogens is 6. The van der Waals surface area contributed by atoms with Crippen LogP contribution < -0.4 is 9.64 Å². The van der Waals surface area contributed by atoms with Gasteiger partial charge in [-0.05, 0) is 55.8 Å². The van der Waals surface area contributed by atoms with E-state index in [-0.39, 0.29) is 42.2 Å². The van der Waals surface area contributed by atoms with Gasteiger partial charge in [-0.25, -0.2) is 23.5 Å². The Morgan fingerprint density at radius 3 is 2.44 bits per heavy atom. The van der Waals surface area contributed by atoms with E-state index in [1.807, 2.05) is 0 Å². The number of hydrogen-bond donors (Lipinski definition) is 1. The van der Waals surface area contributed by atoms with Crippen LogP contribution in [0.3, 0.4) is 0 Å². The molecule has 8 nitrogen and oxygen atoms in total. The Morgan fingerprint density at radius 2 is 1.88 bits per heavy atom. The normalized spacial score (nSPS) is 15.2. The molecule has 0 spiro atoms. The monoisotopic (exact) mass is 598 g/mol. The fourth-order valence-corrected chi connectivity index (χ4v) is 4.50. The number of aromatic carboxylic acids is 1. The van der Waals surface area contributed by atoms with Crippen LogP contribution in [0.2, 0.25) is 5.02 Å². The van der Waals surface area contributed by atoms with Gasteiger partial charge in [0, 0.05) is 37.9 Å². The van der Waals surface area contributed by atoms with Gasteiger partial charge in [0.2, 0.25) is 5.88 Å². The molecule has 3 heterocycles. The second-order valence-corrected chi connectivity index (χ2v) is 10.2. The second-order valence-electron chi connectivity index (χ2n) is 9.73. The summed E-state index contributed by atoms with van der Waals surface area (Å²) in [6.07, 6.45) is -2.94. The molecule has 1 aliphatic heterocycles. The number of carbonyl (C=O) groups excluding carboxylic acids is 1. The molecule has 41 heavy (non-hydrogen) atoms. The summed E-state index contributed by atoms with van der Waals surface area (Å²) in [6, 6.07) is 6.49. The largest absolute Gasteiger partial charge is 0.478 e. The topological polar surface area (TPSA) is 95.9 Å². The van der Waals surface area contributed by atoms with E-state index in [1.165, 1.54) is 40.3 Å². The van der Waals surface area contributed by atoms with E-state index in [2.05, 4.69) is 9.97 Å². The van der Waals surface area contributed by atoms with E-state index in [1.54, 1.807) is 13.8 Å². The summed E-state index contributed by atoms with van der Waals surface area (Å²) in [5.41, 5.74) is -1.65. The maximum Gasteiger partial charge on any atom is 0.421 e. The number of alkyl halides is 5. The number of amides is 1. The number of nitrogens with zero attached hydrogens (tertiary/aromatic N) is 4. The molecule has 14 heteroatoms. The van der Waals surface area contributed by atoms with Crippen molar-refractivity contribution in [1.82, 2.24) is 14.9 Å². The highest BCUT2D eigenvalue weighted by molar-refractivity contribution is 6.30. The molecule has 0 radical (unpaired) electrons. The van der Waals surface area contributed by atoms with Crippen molar-refractivity contribution in [2.75, 3.05) is 18.0 Å². The van der Waals surface area contributed by atoms with Gasteiger partial charge in [-0.1, -0.05) is 11.6 Å². The minimum atomic E-state index is -4.91. The van der Waals surface area contributed by atoms with Crippen molar-refractivity contribution < 1.29 is 41.4 Å². The zero-order valence-corrected chi connectivity index (χ0v) is 22.5. The lowest BCUT2D eigenvalue weighted by molar-refractivity contribution is -0.139. The molecule has 1 aliphatic rings. The van der Waals surface area contributed by atoms with Crippen molar-refractivity contribution in [2.24, 2.45) is 0 Å². The number of likely N-dealkylation sites (tertiary alicyclic amines) is 1. The lowest BCUT2D eigenvalue weighted by Crippen LogP contribution is -2.38. The molecular weight excluding hydrogens is 575 g/mol. The summed E-state index contributed by atoms with van der Waals surface area (Å²) in [5.74, 6) is -6.12. The molecule has 2 aromatic heterocycles. The highest BCUT2D eigenvalue weighted by Crippen LogP contribution is 2.39. The van der Waals surface area contributed by atoms with Gasteiger partial charge in [0.1, 0.15) is 17.0 Å². The molecule has 0 bridgehead atoms. The van der Waals surface area contributed by atoms with Crippen molar-refractivity contribution >= 4 is 29.2 Å². The van der Waals surface area contributed by atoms with E-state index in [0.717, 1.165) is 18.3 Å². The summed E-state index contributed by atoms with van der Waals surface area (Å²) < 4.78 is 74.1. The average molecular weight is 599 g/mol. The van der Waals surface area contributed by atoms with E-state index in [4.69, 9.17) is 16.3 Å². The quantitative estimate of drug-likeness (QED) is 0.294. The molecule has 1 N–H and O–H groups in total. The third-order valence-corrected chi connectivity index (χ3v) is 6.45. The number of ether oxygens (including phenoxy) is 1. The van der Waals surface area contributed by atoms with Gasteiger partial charge in [-0.15, -0.1) is 0 Å². The highest BCUT2D eigenvalue weighted by atomic mass is 35.5. The molecule has 3 aromatic rings. The third kappa shape index (κ3) is 7.09. The van der Waals surface area contributed by atoms with Gasteiger partial charge in [0.15, 0.2) is 0 Å². The zero-order valence-electron chi connectivity index (χ0n) is 21.8. The molecular formula is C27H24ClF5N4O4. The first kappa shape index (κ1) is 30.1. The Morgan fingerprint density at radius 1 is 1.15 bits per heavy atom. The fourth-order valence-electron chi connectivity index (χ4n) is 4.39. The van der Waals surface area contributed by atoms with Crippen LogP contribution in [-0.4, -0.2) is 56.9 Å². The van der Waals surface area contributed by atoms with Crippen LogP contribution in [0.5, 0.6) is 11.6 Å². The molecule has 1 aromatic carbocycles. The highest BCUT2D eigenvalue weighted by Gasteiger charge is 2.39. The molecule has 0 aliphatic carbocycles. The first-order valence-corrected chi connectivity index (χ1v) is 12.7. The molecule has 1 amide bonds. The van der Waals surface area contributed by atoms with Crippen LogP contribution >= 0.6 is 11.6 Å². The van der Waals surface area contributed by atoms with Crippen molar-refractivity contribution in [1.29, 1.82) is 0 Å². The van der Waals surface area contributed by atoms with Crippen LogP contribution in [0, 0.1) is 0 Å². The molecule has 0 unspecified atom stereocenters. The summed E-state index contributed by atoms with van der Waals surface area (Å²) >= 11 is 5.84. The molecule has 1 saturated heterocycles. The smallest absolute Gasteiger partial charge is 0.421 e. The Kier molecular flexibility index (Phi) is 8.50. The number of carboxylic acids is 1. The number of pyridine rings is 2. The molecule has 0 saturated carbocycles. The minimum absolute atomic E-state index is 0.00322. The van der Waals surface area contributed by atoms with Gasteiger partial charge >= 0.3 is 12.1 Å². The predicted molar refractivity (Wildman–Crippen MR) is 139 cm³/mol. The number of rotatable bonds is 8. The fraction of sp³-hybridized carbons (Fsp3) is 0.333. The van der Waals surface area contributed by atoms with Crippen molar-refractivity contribution in [3.8, 4) is 11.6 Å². The lowest BCUT2D eigenvalue weighted by atomic mass is 10.1. The second kappa shape index (κ2) is 11.6. The number of anilines is 1. The molecule has 4 rings (SSSR count). The number of carboxylic acid groups (broad SMARTS) is 1. The maximum absolute atomic E-state index is 13.9. The number of aromatic nitrogens is 2. The third-order valence-electron chi connectivity index (χ3n) is 6.22. The minimum Gasteiger partial charge on any atom is -0.478 e. The van der Waals surface area contributed by atoms with Crippen molar-refractivity contribution in [3.05, 3.63) is 76.2 Å². The number of carbonyl (C=O) groups is 2. The Balaban J connectivity index is 1.65. The average Bonchev–Trinajstić information content (AvgIpc) is 3.23. The van der Waals surface area contributed by atoms with Crippen LogP contribution in [-0.2, 0) is 12.7 Å². The van der Waals surface area contributed by atoms with E-state index in [0.29, 0.717) is 5.02 Å². The van der Waals surface area contributed by atoms with Gasteiger partial charge in [0.05, 0.1) is 22.8 Å². The molecule has 0 atom stereocenters. The van der Waals surface area contributed by atoms with Crippen LogP contribution in [0.4, 0.5) is 27.6 Å². The van der Waals surface area contributed by atoms with Gasteiger partial charge in [-0.3, -0.25) is 9.69 Å². The molecule has 1 fully saturated rings. The summed E-state index contributed by atoms with van der Waals surface area (Å²) in [5, 5.41) is 10.2. The van der Waals surface area contributed by atoms with E-state index >= 15 is 0 Å². The Labute approximate surface area is 236 Å². The number of benzene rings is 1. The number of hydrogen-bond acceptors (Lipinski definition) is 6. The predicted octanol–water partition coefficient (Wildman–Crippen LogP) is 6.54. The van der Waals surface area contributed by atoms with E-state index in [9.17, 15) is 36.6 Å². The van der Waals surface area contributed by atoms with Gasteiger partial charge < -0.3 is 14.7 Å². The van der Waals surface area contributed by atoms with Crippen LogP contribution in [0.1, 0.15) is 52.2 Å². The van der Waals surface area contributed by atoms with Crippen LogP contribution in [0.15, 0.2) is 48.8 Å². The molecule has 218 valence electrons.